The highest BCUT2D eigenvalue weighted by atomic mass is 35.5. The second-order valence-corrected chi connectivity index (χ2v) is 7.77. The number of ketones is 1. The Morgan fingerprint density at radius 2 is 1.78 bits per heavy atom. The Bertz CT molecular complexity index is 1290. The lowest BCUT2D eigenvalue weighted by molar-refractivity contribution is -0.137. The van der Waals surface area contributed by atoms with Crippen molar-refractivity contribution in [2.45, 2.75) is 6.92 Å². The Balaban J connectivity index is 1.77. The van der Waals surface area contributed by atoms with Gasteiger partial charge in [-0.05, 0) is 61.5 Å². The van der Waals surface area contributed by atoms with E-state index in [2.05, 4.69) is 0 Å². The molecular weight excluding hydrogens is 456 g/mol. The summed E-state index contributed by atoms with van der Waals surface area (Å²) in [5.74, 6) is -0.797. The van der Waals surface area contributed by atoms with E-state index in [-0.39, 0.29) is 11.3 Å². The van der Waals surface area contributed by atoms with Gasteiger partial charge in [0.05, 0.1) is 22.9 Å². The van der Waals surface area contributed by atoms with Gasteiger partial charge in [0.25, 0.3) is 0 Å². The molecule has 0 saturated heterocycles. The molecule has 8 heteroatoms. The second-order valence-electron chi connectivity index (χ2n) is 6.95. The zero-order valence-electron chi connectivity index (χ0n) is 17.0. The number of anilines is 1. The third kappa shape index (κ3) is 3.95. The lowest BCUT2D eigenvalue weighted by Crippen LogP contribution is -2.18. The van der Waals surface area contributed by atoms with Gasteiger partial charge in [0.1, 0.15) is 22.9 Å². The average molecular weight is 472 g/mol. The van der Waals surface area contributed by atoms with Gasteiger partial charge in [-0.25, -0.2) is 9.18 Å². The minimum atomic E-state index is -0.751. The SMILES string of the molecule is COC(=O)C1=C(C)N(c2ccc(F)cc2)C(=Cc2ccc(-c3ccc(Cl)c(Cl)c3)o2)C1=O. The molecule has 0 unspecified atom stereocenters. The molecule has 0 fully saturated rings. The van der Waals surface area contributed by atoms with E-state index in [9.17, 15) is 14.0 Å². The number of Topliss-reactive ketones (excluding diaryl/α,β-unsaturated/α-hetero) is 1. The molecule has 1 aromatic heterocycles. The van der Waals surface area contributed by atoms with Gasteiger partial charge in [-0.1, -0.05) is 23.2 Å². The minimum Gasteiger partial charge on any atom is -0.465 e. The summed E-state index contributed by atoms with van der Waals surface area (Å²) in [5.41, 5.74) is 1.67. The van der Waals surface area contributed by atoms with Gasteiger partial charge in [-0.2, -0.15) is 0 Å². The molecule has 2 aromatic carbocycles. The van der Waals surface area contributed by atoms with Gasteiger partial charge in [-0.3, -0.25) is 4.79 Å². The van der Waals surface area contributed by atoms with Gasteiger partial charge >= 0.3 is 5.97 Å². The number of methoxy groups -OCH3 is 1. The van der Waals surface area contributed by atoms with E-state index in [1.54, 1.807) is 42.2 Å². The van der Waals surface area contributed by atoms with Crippen LogP contribution in [0, 0.1) is 5.82 Å². The van der Waals surface area contributed by atoms with Crippen LogP contribution >= 0.6 is 23.2 Å². The number of carbonyl (C=O) groups excluding carboxylic acids is 2. The zero-order valence-corrected chi connectivity index (χ0v) is 18.5. The fraction of sp³-hybridized carbons (Fsp3) is 0.0833. The molecule has 0 aliphatic carbocycles. The predicted octanol–water partition coefficient (Wildman–Crippen LogP) is 6.27. The van der Waals surface area contributed by atoms with E-state index in [0.717, 1.165) is 0 Å². The number of rotatable bonds is 4. The Morgan fingerprint density at radius 1 is 1.06 bits per heavy atom. The molecule has 0 amide bonds. The highest BCUT2D eigenvalue weighted by Gasteiger charge is 2.38. The van der Waals surface area contributed by atoms with Crippen molar-refractivity contribution < 1.29 is 23.1 Å². The third-order valence-corrected chi connectivity index (χ3v) is 5.72. The smallest absolute Gasteiger partial charge is 0.343 e. The summed E-state index contributed by atoms with van der Waals surface area (Å²) in [6, 6.07) is 14.1. The number of nitrogens with zero attached hydrogens (tertiary/aromatic N) is 1. The number of hydrogen-bond acceptors (Lipinski definition) is 5. The normalized spacial score (nSPS) is 15.1. The van der Waals surface area contributed by atoms with Crippen molar-refractivity contribution in [3.63, 3.8) is 0 Å². The quantitative estimate of drug-likeness (QED) is 0.255. The summed E-state index contributed by atoms with van der Waals surface area (Å²) in [4.78, 5) is 26.9. The van der Waals surface area contributed by atoms with Crippen molar-refractivity contribution in [2.24, 2.45) is 0 Å². The average Bonchev–Trinajstić information content (AvgIpc) is 3.33. The molecule has 3 aromatic rings. The maximum Gasteiger partial charge on any atom is 0.343 e. The largest absolute Gasteiger partial charge is 0.465 e. The van der Waals surface area contributed by atoms with E-state index in [0.29, 0.717) is 38.5 Å². The number of furan rings is 1. The molecule has 0 radical (unpaired) electrons. The van der Waals surface area contributed by atoms with Crippen LogP contribution in [0.25, 0.3) is 17.4 Å². The van der Waals surface area contributed by atoms with E-state index in [4.69, 9.17) is 32.4 Å². The van der Waals surface area contributed by atoms with Gasteiger partial charge in [0.15, 0.2) is 0 Å². The standard InChI is InChI=1S/C24H16Cl2FNO4/c1-13-22(24(30)31-2)23(29)20(28(13)16-6-4-15(27)5-7-16)12-17-8-10-21(32-17)14-3-9-18(25)19(26)11-14/h3-12H,1-2H3. The van der Waals surface area contributed by atoms with Gasteiger partial charge in [0.2, 0.25) is 5.78 Å². The van der Waals surface area contributed by atoms with Gasteiger partial charge in [-0.15, -0.1) is 0 Å². The molecule has 1 aliphatic rings. The molecule has 32 heavy (non-hydrogen) atoms. The number of hydrogen-bond donors (Lipinski definition) is 0. The van der Waals surface area contributed by atoms with Crippen LogP contribution in [0.15, 0.2) is 76.0 Å². The van der Waals surface area contributed by atoms with Crippen LogP contribution in [0.2, 0.25) is 10.0 Å². The van der Waals surface area contributed by atoms with Crippen molar-refractivity contribution in [1.82, 2.24) is 0 Å². The summed E-state index contributed by atoms with van der Waals surface area (Å²) in [7, 11) is 1.20. The lowest BCUT2D eigenvalue weighted by Gasteiger charge is -2.21. The third-order valence-electron chi connectivity index (χ3n) is 4.98. The summed E-state index contributed by atoms with van der Waals surface area (Å²) in [5, 5.41) is 0.809. The summed E-state index contributed by atoms with van der Waals surface area (Å²) in [6.45, 7) is 1.62. The Hall–Kier alpha value is -3.35. The molecule has 0 N–H and O–H groups in total. The van der Waals surface area contributed by atoms with Gasteiger partial charge in [0, 0.05) is 23.0 Å². The zero-order chi connectivity index (χ0) is 23.0. The van der Waals surface area contributed by atoms with Crippen molar-refractivity contribution >= 4 is 46.7 Å². The van der Waals surface area contributed by atoms with Crippen molar-refractivity contribution in [1.29, 1.82) is 0 Å². The molecule has 0 spiro atoms. The molecule has 1 aliphatic heterocycles. The van der Waals surface area contributed by atoms with E-state index >= 15 is 0 Å². The van der Waals surface area contributed by atoms with Crippen LogP contribution in [0.1, 0.15) is 12.7 Å². The highest BCUT2D eigenvalue weighted by Crippen LogP contribution is 2.36. The van der Waals surface area contributed by atoms with E-state index < -0.39 is 17.6 Å². The molecule has 2 heterocycles. The first-order valence-electron chi connectivity index (χ1n) is 9.46. The number of allylic oxidation sites excluding steroid dienone is 2. The van der Waals surface area contributed by atoms with Crippen molar-refractivity contribution in [3.8, 4) is 11.3 Å². The Labute approximate surface area is 193 Å². The molecule has 162 valence electrons. The van der Waals surface area contributed by atoms with Crippen molar-refractivity contribution in [2.75, 3.05) is 12.0 Å². The maximum atomic E-state index is 13.4. The van der Waals surface area contributed by atoms with Crippen molar-refractivity contribution in [3.05, 3.63) is 93.2 Å². The van der Waals surface area contributed by atoms with Crippen LogP contribution < -0.4 is 4.90 Å². The maximum absolute atomic E-state index is 13.4. The Kier molecular flexibility index (Phi) is 5.91. The first kappa shape index (κ1) is 21.9. The first-order valence-corrected chi connectivity index (χ1v) is 10.2. The van der Waals surface area contributed by atoms with Crippen LogP contribution in [-0.2, 0) is 14.3 Å². The molecular formula is C24H16Cl2FNO4. The number of halogens is 3. The van der Waals surface area contributed by atoms with Crippen LogP contribution in [-0.4, -0.2) is 18.9 Å². The summed E-state index contributed by atoms with van der Waals surface area (Å²) in [6.07, 6.45) is 1.52. The number of ether oxygens (including phenoxy) is 1. The number of benzene rings is 2. The number of esters is 1. The summed E-state index contributed by atoms with van der Waals surface area (Å²) < 4.78 is 24.1. The minimum absolute atomic E-state index is 0.0978. The molecule has 4 rings (SSSR count). The second kappa shape index (κ2) is 8.65. The lowest BCUT2D eigenvalue weighted by atomic mass is 10.1. The fourth-order valence-corrected chi connectivity index (χ4v) is 3.75. The van der Waals surface area contributed by atoms with Crippen LogP contribution in [0.5, 0.6) is 0 Å². The van der Waals surface area contributed by atoms with E-state index in [1.807, 2.05) is 0 Å². The van der Waals surface area contributed by atoms with E-state index in [1.165, 1.54) is 37.5 Å². The molecule has 0 saturated carbocycles. The topological polar surface area (TPSA) is 59.8 Å². The van der Waals surface area contributed by atoms with Crippen LogP contribution in [0.3, 0.4) is 0 Å². The monoisotopic (exact) mass is 471 g/mol. The van der Waals surface area contributed by atoms with Gasteiger partial charge < -0.3 is 14.1 Å². The molecule has 5 nitrogen and oxygen atoms in total. The molecule has 0 atom stereocenters. The fourth-order valence-electron chi connectivity index (χ4n) is 3.45. The highest BCUT2D eigenvalue weighted by molar-refractivity contribution is 6.42. The van der Waals surface area contributed by atoms with Crippen LogP contribution in [0.4, 0.5) is 10.1 Å². The molecule has 0 bridgehead atoms. The first-order chi connectivity index (χ1) is 15.3. The predicted molar refractivity (Wildman–Crippen MR) is 121 cm³/mol. The number of carbonyl (C=O) groups is 2. The summed E-state index contributed by atoms with van der Waals surface area (Å²) >= 11 is 12.1. The Morgan fingerprint density at radius 3 is 2.44 bits per heavy atom.